The van der Waals surface area contributed by atoms with Crippen molar-refractivity contribution in [1.29, 1.82) is 0 Å². The minimum absolute atomic E-state index is 0.268. The Bertz CT molecular complexity index is 684. The van der Waals surface area contributed by atoms with Gasteiger partial charge in [-0.05, 0) is 25.8 Å². The van der Waals surface area contributed by atoms with Gasteiger partial charge in [0.15, 0.2) is 5.76 Å². The molecule has 1 aliphatic carbocycles. The summed E-state index contributed by atoms with van der Waals surface area (Å²) < 4.78 is 6.99. The van der Waals surface area contributed by atoms with E-state index in [0.29, 0.717) is 36.0 Å². The van der Waals surface area contributed by atoms with Gasteiger partial charge in [-0.2, -0.15) is 5.10 Å². The molecule has 1 saturated carbocycles. The number of aryl methyl sites for hydroxylation is 3. The molecule has 7 heteroatoms. The van der Waals surface area contributed by atoms with E-state index in [1.165, 1.54) is 12.8 Å². The molecule has 1 aliphatic rings. The van der Waals surface area contributed by atoms with Crippen molar-refractivity contribution >= 4 is 11.7 Å². The van der Waals surface area contributed by atoms with Gasteiger partial charge < -0.3 is 15.2 Å². The first-order chi connectivity index (χ1) is 10.6. The number of carbonyl (C=O) groups is 1. The van der Waals surface area contributed by atoms with E-state index in [-0.39, 0.29) is 6.03 Å². The topological polar surface area (TPSA) is 85.0 Å². The van der Waals surface area contributed by atoms with Gasteiger partial charge in [-0.3, -0.25) is 4.68 Å². The van der Waals surface area contributed by atoms with Crippen molar-refractivity contribution in [3.8, 4) is 0 Å². The van der Waals surface area contributed by atoms with Crippen LogP contribution in [0.4, 0.5) is 10.5 Å². The number of urea groups is 1. The zero-order chi connectivity index (χ0) is 15.7. The fourth-order valence-electron chi connectivity index (χ4n) is 2.42. The van der Waals surface area contributed by atoms with Gasteiger partial charge >= 0.3 is 6.03 Å². The minimum atomic E-state index is -0.268. The first-order valence-electron chi connectivity index (χ1n) is 7.61. The SMILES string of the molecule is CCc1onc(C)c1NC(=O)NCc1cc(C2CC2)nn1C. The highest BCUT2D eigenvalue weighted by atomic mass is 16.5. The van der Waals surface area contributed by atoms with Crippen LogP contribution in [-0.4, -0.2) is 21.0 Å². The highest BCUT2D eigenvalue weighted by Gasteiger charge is 2.26. The predicted molar refractivity (Wildman–Crippen MR) is 81.7 cm³/mol. The molecular weight excluding hydrogens is 282 g/mol. The molecule has 2 aromatic rings. The molecule has 0 aromatic carbocycles. The van der Waals surface area contributed by atoms with Crippen LogP contribution >= 0.6 is 0 Å². The van der Waals surface area contributed by atoms with Gasteiger partial charge in [0.2, 0.25) is 0 Å². The van der Waals surface area contributed by atoms with Crippen LogP contribution in [0.1, 0.15) is 48.5 Å². The van der Waals surface area contributed by atoms with Gasteiger partial charge in [0, 0.05) is 19.4 Å². The standard InChI is InChI=1S/C15H21N5O2/c1-4-13-14(9(2)19-22-13)17-15(21)16-8-11-7-12(10-5-6-10)18-20(11)3/h7,10H,4-6,8H2,1-3H3,(H2,16,17,21). The predicted octanol–water partition coefficient (Wildman–Crippen LogP) is 2.48. The number of hydrogen-bond acceptors (Lipinski definition) is 4. The summed E-state index contributed by atoms with van der Waals surface area (Å²) in [6.07, 6.45) is 3.12. The number of rotatable bonds is 5. The molecule has 2 N–H and O–H groups in total. The Morgan fingerprint density at radius 1 is 1.50 bits per heavy atom. The summed E-state index contributed by atoms with van der Waals surface area (Å²) in [5, 5.41) is 14.0. The minimum Gasteiger partial charge on any atom is -0.359 e. The third-order valence-electron chi connectivity index (χ3n) is 3.91. The Hall–Kier alpha value is -2.31. The first-order valence-corrected chi connectivity index (χ1v) is 7.61. The van der Waals surface area contributed by atoms with E-state index in [2.05, 4.69) is 27.0 Å². The van der Waals surface area contributed by atoms with Crippen molar-refractivity contribution in [2.75, 3.05) is 5.32 Å². The largest absolute Gasteiger partial charge is 0.359 e. The van der Waals surface area contributed by atoms with Crippen LogP contribution in [0.15, 0.2) is 10.6 Å². The fourth-order valence-corrected chi connectivity index (χ4v) is 2.42. The third-order valence-corrected chi connectivity index (χ3v) is 3.91. The van der Waals surface area contributed by atoms with Crippen LogP contribution in [-0.2, 0) is 20.0 Å². The lowest BCUT2D eigenvalue weighted by Gasteiger charge is -2.07. The summed E-state index contributed by atoms with van der Waals surface area (Å²) in [4.78, 5) is 12.0. The second kappa shape index (κ2) is 5.82. The lowest BCUT2D eigenvalue weighted by molar-refractivity contribution is 0.251. The molecule has 0 aliphatic heterocycles. The van der Waals surface area contributed by atoms with E-state index in [4.69, 9.17) is 4.52 Å². The second-order valence-electron chi connectivity index (χ2n) is 5.69. The number of anilines is 1. The van der Waals surface area contributed by atoms with Gasteiger partial charge in [-0.25, -0.2) is 4.79 Å². The van der Waals surface area contributed by atoms with E-state index in [1.807, 2.05) is 18.7 Å². The molecule has 118 valence electrons. The second-order valence-corrected chi connectivity index (χ2v) is 5.69. The first kappa shape index (κ1) is 14.6. The summed E-state index contributed by atoms with van der Waals surface area (Å²) in [6.45, 7) is 4.20. The van der Waals surface area contributed by atoms with Crippen molar-refractivity contribution < 1.29 is 9.32 Å². The Morgan fingerprint density at radius 3 is 2.95 bits per heavy atom. The Morgan fingerprint density at radius 2 is 2.27 bits per heavy atom. The van der Waals surface area contributed by atoms with Crippen LogP contribution in [0.25, 0.3) is 0 Å². The normalized spacial score (nSPS) is 14.1. The van der Waals surface area contributed by atoms with Crippen molar-refractivity contribution in [1.82, 2.24) is 20.3 Å². The van der Waals surface area contributed by atoms with Crippen molar-refractivity contribution in [2.24, 2.45) is 7.05 Å². The lowest BCUT2D eigenvalue weighted by atomic mass is 10.2. The molecule has 0 unspecified atom stereocenters. The Labute approximate surface area is 129 Å². The summed E-state index contributed by atoms with van der Waals surface area (Å²) in [5.74, 6) is 1.30. The molecule has 0 spiro atoms. The highest BCUT2D eigenvalue weighted by molar-refractivity contribution is 5.90. The van der Waals surface area contributed by atoms with Crippen molar-refractivity contribution in [3.63, 3.8) is 0 Å². The Kier molecular flexibility index (Phi) is 3.87. The third kappa shape index (κ3) is 2.98. The van der Waals surface area contributed by atoms with Crippen LogP contribution in [0.2, 0.25) is 0 Å². The van der Waals surface area contributed by atoms with Gasteiger partial charge in [0.25, 0.3) is 0 Å². The van der Waals surface area contributed by atoms with E-state index in [0.717, 1.165) is 11.4 Å². The molecule has 7 nitrogen and oxygen atoms in total. The molecule has 3 rings (SSSR count). The summed E-state index contributed by atoms with van der Waals surface area (Å²) in [6, 6.07) is 1.80. The number of amides is 2. The molecule has 22 heavy (non-hydrogen) atoms. The summed E-state index contributed by atoms with van der Waals surface area (Å²) >= 11 is 0. The molecule has 0 saturated heterocycles. The van der Waals surface area contributed by atoms with Crippen LogP contribution < -0.4 is 10.6 Å². The van der Waals surface area contributed by atoms with Crippen LogP contribution in [0.5, 0.6) is 0 Å². The molecule has 2 aromatic heterocycles. The number of hydrogen-bond donors (Lipinski definition) is 2. The number of carbonyl (C=O) groups excluding carboxylic acids is 1. The zero-order valence-electron chi connectivity index (χ0n) is 13.1. The molecule has 0 radical (unpaired) electrons. The van der Waals surface area contributed by atoms with E-state index in [1.54, 1.807) is 6.92 Å². The van der Waals surface area contributed by atoms with Crippen molar-refractivity contribution in [3.05, 3.63) is 28.9 Å². The van der Waals surface area contributed by atoms with Gasteiger partial charge in [-0.15, -0.1) is 0 Å². The van der Waals surface area contributed by atoms with Crippen LogP contribution in [0.3, 0.4) is 0 Å². The van der Waals surface area contributed by atoms with Crippen molar-refractivity contribution in [2.45, 2.75) is 45.6 Å². The monoisotopic (exact) mass is 303 g/mol. The van der Waals surface area contributed by atoms with E-state index >= 15 is 0 Å². The van der Waals surface area contributed by atoms with Gasteiger partial charge in [0.05, 0.1) is 17.9 Å². The highest BCUT2D eigenvalue weighted by Crippen LogP contribution is 2.39. The van der Waals surface area contributed by atoms with Gasteiger partial charge in [0.1, 0.15) is 11.4 Å². The molecule has 2 heterocycles. The maximum Gasteiger partial charge on any atom is 0.319 e. The lowest BCUT2D eigenvalue weighted by Crippen LogP contribution is -2.29. The van der Waals surface area contributed by atoms with Gasteiger partial charge in [-0.1, -0.05) is 12.1 Å². The quantitative estimate of drug-likeness (QED) is 0.888. The number of nitrogens with one attached hydrogen (secondary N) is 2. The number of nitrogens with zero attached hydrogens (tertiary/aromatic N) is 3. The summed E-state index contributed by atoms with van der Waals surface area (Å²) in [5.41, 5.74) is 3.46. The molecule has 2 amide bonds. The molecule has 0 atom stereocenters. The smallest absolute Gasteiger partial charge is 0.319 e. The molecule has 0 bridgehead atoms. The fraction of sp³-hybridized carbons (Fsp3) is 0.533. The molecular formula is C15H21N5O2. The zero-order valence-corrected chi connectivity index (χ0v) is 13.1. The molecule has 1 fully saturated rings. The maximum atomic E-state index is 12.0. The average molecular weight is 303 g/mol. The average Bonchev–Trinajstić information content (AvgIpc) is 3.20. The van der Waals surface area contributed by atoms with E-state index < -0.39 is 0 Å². The number of aromatic nitrogens is 3. The maximum absolute atomic E-state index is 12.0. The Balaban J connectivity index is 1.59. The summed E-state index contributed by atoms with van der Waals surface area (Å²) in [7, 11) is 1.90. The van der Waals surface area contributed by atoms with E-state index in [9.17, 15) is 4.79 Å². The van der Waals surface area contributed by atoms with Crippen LogP contribution in [0, 0.1) is 6.92 Å².